The summed E-state index contributed by atoms with van der Waals surface area (Å²) in [4.78, 5) is 17.6. The average molecular weight is 423 g/mol. The summed E-state index contributed by atoms with van der Waals surface area (Å²) in [5.41, 5.74) is 4.30. The first-order valence-electron chi connectivity index (χ1n) is 10.2. The van der Waals surface area contributed by atoms with Crippen LogP contribution < -0.4 is 0 Å². The van der Waals surface area contributed by atoms with Crippen molar-refractivity contribution in [3.05, 3.63) is 76.4 Å². The van der Waals surface area contributed by atoms with Crippen molar-refractivity contribution < 1.29 is 9.53 Å². The van der Waals surface area contributed by atoms with Crippen molar-refractivity contribution >= 4 is 17.5 Å². The minimum absolute atomic E-state index is 0.0158. The van der Waals surface area contributed by atoms with E-state index in [1.807, 2.05) is 59.5 Å². The molecule has 1 saturated heterocycles. The monoisotopic (exact) mass is 422 g/mol. The van der Waals surface area contributed by atoms with Gasteiger partial charge in [-0.2, -0.15) is 5.10 Å². The van der Waals surface area contributed by atoms with E-state index in [4.69, 9.17) is 16.3 Å². The van der Waals surface area contributed by atoms with Crippen molar-refractivity contribution in [2.75, 3.05) is 39.4 Å². The average Bonchev–Trinajstić information content (AvgIpc) is 3.32. The Labute approximate surface area is 180 Å². The summed E-state index contributed by atoms with van der Waals surface area (Å²) in [6, 6.07) is 17.5. The number of benzene rings is 2. The molecule has 2 aromatic carbocycles. The lowest BCUT2D eigenvalue weighted by Gasteiger charge is -2.31. The Bertz CT molecular complexity index is 1050. The molecule has 3 aromatic rings. The predicted octanol–water partition coefficient (Wildman–Crippen LogP) is 3.61. The molecule has 2 aliphatic rings. The highest BCUT2D eigenvalue weighted by Gasteiger charge is 2.42. The van der Waals surface area contributed by atoms with Crippen LogP contribution in [0.3, 0.4) is 0 Å². The number of carbonyl (C=O) groups is 1. The molecule has 154 valence electrons. The van der Waals surface area contributed by atoms with Crippen LogP contribution in [0.4, 0.5) is 0 Å². The van der Waals surface area contributed by atoms with E-state index in [9.17, 15) is 4.79 Å². The zero-order valence-corrected chi connectivity index (χ0v) is 17.3. The quantitative estimate of drug-likeness (QED) is 0.682. The summed E-state index contributed by atoms with van der Waals surface area (Å²) < 4.78 is 5.45. The molecule has 1 amide bonds. The van der Waals surface area contributed by atoms with Gasteiger partial charge in [0.1, 0.15) is 5.69 Å². The van der Waals surface area contributed by atoms with Crippen LogP contribution in [-0.2, 0) is 4.74 Å². The fraction of sp³-hybridized carbons (Fsp3) is 0.304. The van der Waals surface area contributed by atoms with Gasteiger partial charge in [0, 0.05) is 42.3 Å². The number of ether oxygens (including phenoxy) is 1. The number of H-pyrrole nitrogens is 1. The van der Waals surface area contributed by atoms with Crippen LogP contribution in [0.5, 0.6) is 0 Å². The molecular weight excluding hydrogens is 400 g/mol. The molecule has 1 fully saturated rings. The van der Waals surface area contributed by atoms with Gasteiger partial charge in [0.25, 0.3) is 5.91 Å². The minimum atomic E-state index is -0.221. The van der Waals surface area contributed by atoms with E-state index in [0.29, 0.717) is 17.3 Å². The number of fused-ring (bicyclic) bond motifs is 1. The second-order valence-corrected chi connectivity index (χ2v) is 8.07. The third-order valence-electron chi connectivity index (χ3n) is 5.84. The fourth-order valence-electron chi connectivity index (χ4n) is 4.34. The second-order valence-electron chi connectivity index (χ2n) is 7.64. The molecule has 2 aliphatic heterocycles. The molecule has 7 heteroatoms. The number of morpholine rings is 1. The molecule has 1 atom stereocenters. The van der Waals surface area contributed by atoms with Crippen LogP contribution >= 0.6 is 11.6 Å². The van der Waals surface area contributed by atoms with Crippen LogP contribution in [0.15, 0.2) is 54.6 Å². The van der Waals surface area contributed by atoms with Gasteiger partial charge in [-0.25, -0.2) is 0 Å². The van der Waals surface area contributed by atoms with Gasteiger partial charge >= 0.3 is 0 Å². The van der Waals surface area contributed by atoms with E-state index in [2.05, 4.69) is 15.1 Å². The SMILES string of the molecule is O=C1c2[nH]nc(-c3ccccc3)c2C(c2cccc(Cl)c2)N1CCN1CCOCC1. The van der Waals surface area contributed by atoms with Gasteiger partial charge in [-0.1, -0.05) is 54.1 Å². The highest BCUT2D eigenvalue weighted by atomic mass is 35.5. The minimum Gasteiger partial charge on any atom is -0.379 e. The van der Waals surface area contributed by atoms with Gasteiger partial charge in [-0.3, -0.25) is 14.8 Å². The molecule has 1 unspecified atom stereocenters. The van der Waals surface area contributed by atoms with Gasteiger partial charge in [-0.05, 0) is 17.7 Å². The van der Waals surface area contributed by atoms with Gasteiger partial charge in [0.2, 0.25) is 0 Å². The molecule has 0 spiro atoms. The Morgan fingerprint density at radius 3 is 2.63 bits per heavy atom. The van der Waals surface area contributed by atoms with E-state index in [-0.39, 0.29) is 11.9 Å². The maximum atomic E-state index is 13.4. The molecular formula is C23H23ClN4O2. The summed E-state index contributed by atoms with van der Waals surface area (Å²) in [5, 5.41) is 8.18. The van der Waals surface area contributed by atoms with Gasteiger partial charge in [0.05, 0.1) is 24.9 Å². The van der Waals surface area contributed by atoms with Crippen LogP contribution in [0, 0.1) is 0 Å². The van der Waals surface area contributed by atoms with E-state index in [0.717, 1.165) is 55.2 Å². The number of amides is 1. The van der Waals surface area contributed by atoms with Crippen molar-refractivity contribution in [3.63, 3.8) is 0 Å². The lowest BCUT2D eigenvalue weighted by atomic mass is 9.96. The largest absolute Gasteiger partial charge is 0.379 e. The maximum Gasteiger partial charge on any atom is 0.273 e. The Morgan fingerprint density at radius 1 is 1.07 bits per heavy atom. The number of nitrogens with zero attached hydrogens (tertiary/aromatic N) is 3. The molecule has 0 saturated carbocycles. The maximum absolute atomic E-state index is 13.4. The summed E-state index contributed by atoms with van der Waals surface area (Å²) in [6.45, 7) is 4.72. The topological polar surface area (TPSA) is 61.5 Å². The van der Waals surface area contributed by atoms with Crippen LogP contribution in [0.25, 0.3) is 11.3 Å². The number of halogens is 1. The molecule has 3 heterocycles. The standard InChI is InChI=1S/C23H23ClN4O2/c24-18-8-4-7-17(15-18)22-19-20(16-5-2-1-3-6-16)25-26-21(19)23(29)28(22)10-9-27-11-13-30-14-12-27/h1-8,15,22H,9-14H2,(H,25,26). The number of hydrogen-bond acceptors (Lipinski definition) is 4. The van der Waals surface area contributed by atoms with E-state index in [1.165, 1.54) is 0 Å². The first-order valence-corrected chi connectivity index (χ1v) is 10.6. The summed E-state index contributed by atoms with van der Waals surface area (Å²) >= 11 is 6.31. The van der Waals surface area contributed by atoms with E-state index >= 15 is 0 Å². The van der Waals surface area contributed by atoms with Crippen molar-refractivity contribution in [3.8, 4) is 11.3 Å². The Morgan fingerprint density at radius 2 is 1.87 bits per heavy atom. The molecule has 30 heavy (non-hydrogen) atoms. The number of nitrogens with one attached hydrogen (secondary N) is 1. The van der Waals surface area contributed by atoms with Gasteiger partial charge in [-0.15, -0.1) is 0 Å². The smallest absolute Gasteiger partial charge is 0.273 e. The summed E-state index contributed by atoms with van der Waals surface area (Å²) in [5.74, 6) is -0.0158. The number of carbonyl (C=O) groups excluding carboxylic acids is 1. The molecule has 0 bridgehead atoms. The van der Waals surface area contributed by atoms with E-state index in [1.54, 1.807) is 0 Å². The van der Waals surface area contributed by atoms with Gasteiger partial charge in [0.15, 0.2) is 0 Å². The second kappa shape index (κ2) is 8.22. The number of aromatic nitrogens is 2. The first-order chi connectivity index (χ1) is 14.7. The van der Waals surface area contributed by atoms with Crippen LogP contribution in [0.1, 0.15) is 27.7 Å². The third-order valence-corrected chi connectivity index (χ3v) is 6.07. The van der Waals surface area contributed by atoms with Crippen LogP contribution in [0.2, 0.25) is 5.02 Å². The van der Waals surface area contributed by atoms with Crippen molar-refractivity contribution in [1.29, 1.82) is 0 Å². The molecule has 5 rings (SSSR count). The zero-order valence-electron chi connectivity index (χ0n) is 16.6. The van der Waals surface area contributed by atoms with Crippen LogP contribution in [-0.4, -0.2) is 65.3 Å². The molecule has 0 radical (unpaired) electrons. The molecule has 0 aliphatic carbocycles. The Kier molecular flexibility index (Phi) is 5.29. The van der Waals surface area contributed by atoms with Crippen molar-refractivity contribution in [2.24, 2.45) is 0 Å². The molecule has 1 N–H and O–H groups in total. The third kappa shape index (κ3) is 3.51. The van der Waals surface area contributed by atoms with Crippen molar-refractivity contribution in [2.45, 2.75) is 6.04 Å². The number of rotatable bonds is 5. The Hall–Kier alpha value is -2.67. The highest BCUT2D eigenvalue weighted by Crippen LogP contribution is 2.43. The molecule has 1 aromatic heterocycles. The van der Waals surface area contributed by atoms with Crippen molar-refractivity contribution in [1.82, 2.24) is 20.0 Å². The summed E-state index contributed by atoms with van der Waals surface area (Å²) in [6.07, 6.45) is 0. The fourth-order valence-corrected chi connectivity index (χ4v) is 4.54. The summed E-state index contributed by atoms with van der Waals surface area (Å²) in [7, 11) is 0. The number of hydrogen-bond donors (Lipinski definition) is 1. The lowest BCUT2D eigenvalue weighted by molar-refractivity contribution is 0.0316. The van der Waals surface area contributed by atoms with Gasteiger partial charge < -0.3 is 9.64 Å². The molecule has 6 nitrogen and oxygen atoms in total. The first kappa shape index (κ1) is 19.3. The number of aromatic amines is 1. The zero-order chi connectivity index (χ0) is 20.5. The lowest BCUT2D eigenvalue weighted by Crippen LogP contribution is -2.42. The normalized spacial score (nSPS) is 19.3. The predicted molar refractivity (Wildman–Crippen MR) is 116 cm³/mol. The highest BCUT2D eigenvalue weighted by molar-refractivity contribution is 6.30. The van der Waals surface area contributed by atoms with E-state index < -0.39 is 0 Å². The Balaban J connectivity index is 1.53.